The van der Waals surface area contributed by atoms with E-state index in [-0.39, 0.29) is 17.1 Å². The van der Waals surface area contributed by atoms with Crippen LogP contribution in [0.1, 0.15) is 21.5 Å². The third kappa shape index (κ3) is 4.61. The highest BCUT2D eigenvalue weighted by Gasteiger charge is 2.37. The number of rotatable bonds is 4. The van der Waals surface area contributed by atoms with Crippen LogP contribution in [0.2, 0.25) is 5.02 Å². The van der Waals surface area contributed by atoms with Crippen molar-refractivity contribution in [2.24, 2.45) is 0 Å². The number of nitrogens with zero attached hydrogens (tertiary/aromatic N) is 2. The van der Waals surface area contributed by atoms with Gasteiger partial charge in [0, 0.05) is 10.9 Å². The average molecular weight is 525 g/mol. The van der Waals surface area contributed by atoms with Crippen molar-refractivity contribution < 1.29 is 27.5 Å². The summed E-state index contributed by atoms with van der Waals surface area (Å²) in [4.78, 5) is 13.6. The maximum atomic E-state index is 13.8. The highest BCUT2D eigenvalue weighted by molar-refractivity contribution is 6.34. The molecule has 4 nitrogen and oxygen atoms in total. The van der Waals surface area contributed by atoms with Crippen LogP contribution in [0.3, 0.4) is 0 Å². The topological polar surface area (TPSA) is 55.1 Å². The van der Waals surface area contributed by atoms with Gasteiger partial charge in [-0.25, -0.2) is 4.39 Å². The molecule has 0 radical (unpaired) electrons. The van der Waals surface area contributed by atoms with Gasteiger partial charge < -0.3 is 5.11 Å². The van der Waals surface area contributed by atoms with Crippen molar-refractivity contribution in [2.75, 3.05) is 0 Å². The lowest BCUT2D eigenvalue weighted by Gasteiger charge is -2.13. The second-order valence-corrected chi connectivity index (χ2v) is 8.73. The number of aromatic nitrogens is 2. The molecule has 0 bridgehead atoms. The fraction of sp³-hybridized carbons (Fsp3) is 0.0714. The summed E-state index contributed by atoms with van der Waals surface area (Å²) in [6, 6.07) is 20.7. The first-order valence-electron chi connectivity index (χ1n) is 11.1. The molecule has 0 spiro atoms. The smallest absolute Gasteiger partial charge is 0.392 e. The van der Waals surface area contributed by atoms with Crippen LogP contribution in [0.25, 0.3) is 33.3 Å². The molecule has 1 heterocycles. The van der Waals surface area contributed by atoms with Crippen molar-refractivity contribution in [2.45, 2.75) is 12.8 Å². The quantitative estimate of drug-likeness (QED) is 0.250. The van der Waals surface area contributed by atoms with E-state index in [2.05, 4.69) is 5.10 Å². The summed E-state index contributed by atoms with van der Waals surface area (Å²) in [7, 11) is 0. The van der Waals surface area contributed by atoms with E-state index in [9.17, 15) is 27.5 Å². The third-order valence-corrected chi connectivity index (χ3v) is 6.31. The molecular formula is C28H17ClF4N2O2. The first-order valence-corrected chi connectivity index (χ1v) is 11.4. The minimum atomic E-state index is -4.82. The Labute approximate surface area is 213 Å². The van der Waals surface area contributed by atoms with Crippen LogP contribution in [0.5, 0.6) is 0 Å². The molecule has 186 valence electrons. The van der Waals surface area contributed by atoms with Crippen molar-refractivity contribution in [3.8, 4) is 22.4 Å². The number of alkyl halides is 3. The Kier molecular flexibility index (Phi) is 6.31. The number of aliphatic hydroxyl groups is 1. The predicted molar refractivity (Wildman–Crippen MR) is 133 cm³/mol. The Balaban J connectivity index is 1.75. The van der Waals surface area contributed by atoms with Crippen LogP contribution in [0.15, 0.2) is 84.9 Å². The third-order valence-electron chi connectivity index (χ3n) is 5.99. The highest BCUT2D eigenvalue weighted by atomic mass is 35.5. The van der Waals surface area contributed by atoms with Gasteiger partial charge in [-0.2, -0.15) is 23.0 Å². The number of hydrogen-bond donors (Lipinski definition) is 1. The normalized spacial score (nSPS) is 11.7. The van der Waals surface area contributed by atoms with E-state index in [0.29, 0.717) is 33.3 Å². The predicted octanol–water partition coefficient (Wildman–Crippen LogP) is 7.36. The molecule has 1 N–H and O–H groups in total. The minimum Gasteiger partial charge on any atom is -0.392 e. The van der Waals surface area contributed by atoms with Gasteiger partial charge >= 0.3 is 6.18 Å². The summed E-state index contributed by atoms with van der Waals surface area (Å²) in [5.41, 5.74) is 1.24. The molecule has 0 unspecified atom stereocenters. The van der Waals surface area contributed by atoms with Crippen molar-refractivity contribution >= 4 is 28.4 Å². The van der Waals surface area contributed by atoms with Crippen LogP contribution in [0, 0.1) is 5.82 Å². The van der Waals surface area contributed by atoms with E-state index in [0.717, 1.165) is 16.8 Å². The van der Waals surface area contributed by atoms with Crippen LogP contribution >= 0.6 is 11.6 Å². The fourth-order valence-electron chi connectivity index (χ4n) is 4.16. The van der Waals surface area contributed by atoms with E-state index in [1.54, 1.807) is 54.6 Å². The number of aliphatic hydroxyl groups excluding tert-OH is 1. The van der Waals surface area contributed by atoms with E-state index in [4.69, 9.17) is 11.6 Å². The van der Waals surface area contributed by atoms with Crippen molar-refractivity contribution in [3.63, 3.8) is 0 Å². The molecule has 4 aromatic carbocycles. The molecule has 0 saturated heterocycles. The van der Waals surface area contributed by atoms with Gasteiger partial charge in [-0.05, 0) is 53.1 Å². The van der Waals surface area contributed by atoms with Crippen LogP contribution in [-0.4, -0.2) is 20.8 Å². The Morgan fingerprint density at radius 1 is 0.892 bits per heavy atom. The van der Waals surface area contributed by atoms with Crippen molar-refractivity contribution in [1.29, 1.82) is 0 Å². The van der Waals surface area contributed by atoms with Gasteiger partial charge in [0.25, 0.3) is 5.91 Å². The van der Waals surface area contributed by atoms with Gasteiger partial charge in [0.05, 0.1) is 28.3 Å². The van der Waals surface area contributed by atoms with E-state index in [1.807, 2.05) is 0 Å². The summed E-state index contributed by atoms with van der Waals surface area (Å²) in [5.74, 6) is -1.46. The van der Waals surface area contributed by atoms with Crippen LogP contribution in [0.4, 0.5) is 17.6 Å². The van der Waals surface area contributed by atoms with Crippen LogP contribution < -0.4 is 0 Å². The summed E-state index contributed by atoms with van der Waals surface area (Å²) < 4.78 is 55.7. The molecule has 9 heteroatoms. The standard InChI is InChI=1S/C28H17ClF4N2O2/c29-23-3-1-2-22(28(31,32)33)25(23)27(37)35-24-14-19(17-8-11-20(30)12-9-17)10-13-21(24)26(34-35)18-6-4-16(15-36)5-7-18/h1-14,36H,15H2. The number of hydrogen-bond acceptors (Lipinski definition) is 3. The van der Waals surface area contributed by atoms with Crippen LogP contribution in [-0.2, 0) is 12.8 Å². The number of benzene rings is 4. The zero-order valence-electron chi connectivity index (χ0n) is 18.9. The molecule has 0 atom stereocenters. The SMILES string of the molecule is O=C(c1c(Cl)cccc1C(F)(F)F)n1nc(-c2ccc(CO)cc2)c2ccc(-c3ccc(F)cc3)cc21. The Hall–Kier alpha value is -4.01. The van der Waals surface area contributed by atoms with Crippen molar-refractivity contribution in [3.05, 3.63) is 112 Å². The molecule has 0 fully saturated rings. The molecule has 0 saturated carbocycles. The van der Waals surface area contributed by atoms with Gasteiger partial charge in [-0.1, -0.05) is 60.1 Å². The second-order valence-electron chi connectivity index (χ2n) is 8.32. The Morgan fingerprint density at radius 3 is 2.19 bits per heavy atom. The molecule has 5 aromatic rings. The molecule has 0 amide bonds. The molecule has 0 aliphatic rings. The van der Waals surface area contributed by atoms with E-state index in [1.165, 1.54) is 18.2 Å². The van der Waals surface area contributed by atoms with Gasteiger partial charge in [-0.15, -0.1) is 0 Å². The Bertz CT molecular complexity index is 1630. The molecular weight excluding hydrogens is 508 g/mol. The summed E-state index contributed by atoms with van der Waals surface area (Å²) >= 11 is 6.11. The number of carbonyl (C=O) groups is 1. The van der Waals surface area contributed by atoms with Gasteiger partial charge in [0.15, 0.2) is 0 Å². The first kappa shape index (κ1) is 24.7. The monoisotopic (exact) mass is 524 g/mol. The number of carbonyl (C=O) groups excluding carboxylic acids is 1. The molecule has 37 heavy (non-hydrogen) atoms. The lowest BCUT2D eigenvalue weighted by Crippen LogP contribution is -2.20. The van der Waals surface area contributed by atoms with Gasteiger partial charge in [0.1, 0.15) is 11.5 Å². The maximum Gasteiger partial charge on any atom is 0.417 e. The molecule has 0 aliphatic heterocycles. The zero-order chi connectivity index (χ0) is 26.3. The first-order chi connectivity index (χ1) is 17.7. The molecule has 5 rings (SSSR count). The number of fused-ring (bicyclic) bond motifs is 1. The fourth-order valence-corrected chi connectivity index (χ4v) is 4.41. The Morgan fingerprint density at radius 2 is 1.54 bits per heavy atom. The largest absolute Gasteiger partial charge is 0.417 e. The summed E-state index contributed by atoms with van der Waals surface area (Å²) in [6.07, 6.45) is -4.82. The maximum absolute atomic E-state index is 13.8. The minimum absolute atomic E-state index is 0.165. The summed E-state index contributed by atoms with van der Waals surface area (Å²) in [5, 5.41) is 13.9. The zero-order valence-corrected chi connectivity index (χ0v) is 19.7. The van der Waals surface area contributed by atoms with E-state index >= 15 is 0 Å². The van der Waals surface area contributed by atoms with Gasteiger partial charge in [0.2, 0.25) is 0 Å². The highest BCUT2D eigenvalue weighted by Crippen LogP contribution is 2.37. The van der Waals surface area contributed by atoms with E-state index < -0.39 is 29.0 Å². The van der Waals surface area contributed by atoms with Crippen molar-refractivity contribution in [1.82, 2.24) is 9.78 Å². The number of halogens is 5. The molecule has 0 aliphatic carbocycles. The average Bonchev–Trinajstić information content (AvgIpc) is 3.27. The lowest BCUT2D eigenvalue weighted by atomic mass is 10.0. The molecule has 1 aromatic heterocycles. The van der Waals surface area contributed by atoms with Gasteiger partial charge in [-0.3, -0.25) is 4.79 Å². The second kappa shape index (κ2) is 9.46. The summed E-state index contributed by atoms with van der Waals surface area (Å²) in [6.45, 7) is -0.165. The lowest BCUT2D eigenvalue weighted by molar-refractivity contribution is -0.137.